The Balaban J connectivity index is 1.48. The normalized spacial score (nSPS) is 15.9. The number of nitrogens with zero attached hydrogens (tertiary/aromatic N) is 2. The van der Waals surface area contributed by atoms with Crippen molar-refractivity contribution in [1.29, 1.82) is 0 Å². The highest BCUT2D eigenvalue weighted by Gasteiger charge is 2.23. The number of rotatable bonds is 3. The van der Waals surface area contributed by atoms with E-state index >= 15 is 0 Å². The molecule has 140 valence electrons. The molecule has 1 saturated heterocycles. The second-order valence-corrected chi connectivity index (χ2v) is 8.63. The summed E-state index contributed by atoms with van der Waals surface area (Å²) in [6.45, 7) is 4.42. The molecule has 1 N–H and O–H groups in total. The Kier molecular flexibility index (Phi) is 5.66. The van der Waals surface area contributed by atoms with Gasteiger partial charge in [-0.25, -0.2) is 0 Å². The van der Waals surface area contributed by atoms with Gasteiger partial charge in [-0.2, -0.15) is 0 Å². The topological polar surface area (TPSA) is 39.3 Å². The van der Waals surface area contributed by atoms with Gasteiger partial charge in [-0.3, -0.25) is 9.69 Å². The molecule has 2 heterocycles. The van der Waals surface area contributed by atoms with Gasteiger partial charge in [0.1, 0.15) is 0 Å². The zero-order valence-electron chi connectivity index (χ0n) is 14.9. The van der Waals surface area contributed by atoms with Gasteiger partial charge in [0.25, 0.3) is 5.91 Å². The minimum atomic E-state index is 0.108. The van der Waals surface area contributed by atoms with Crippen LogP contribution in [0.2, 0.25) is 0 Å². The van der Waals surface area contributed by atoms with Crippen molar-refractivity contribution < 1.29 is 4.79 Å². The van der Waals surface area contributed by atoms with Crippen LogP contribution in [-0.2, 0) is 6.54 Å². The first-order valence-corrected chi connectivity index (χ1v) is 10.7. The van der Waals surface area contributed by atoms with Crippen LogP contribution < -0.4 is 0 Å². The number of hydrogen-bond acceptors (Lipinski definition) is 2. The highest BCUT2D eigenvalue weighted by atomic mass is 79.9. The summed E-state index contributed by atoms with van der Waals surface area (Å²) in [5.41, 5.74) is 3.04. The lowest BCUT2D eigenvalue weighted by Crippen LogP contribution is -2.35. The zero-order chi connectivity index (χ0) is 18.8. The number of benzene rings is 2. The lowest BCUT2D eigenvalue weighted by Gasteiger charge is -2.22. The predicted molar refractivity (Wildman–Crippen MR) is 116 cm³/mol. The van der Waals surface area contributed by atoms with Crippen LogP contribution in [0, 0.1) is 0 Å². The van der Waals surface area contributed by atoms with E-state index in [4.69, 9.17) is 0 Å². The molecule has 0 radical (unpaired) electrons. The van der Waals surface area contributed by atoms with E-state index in [1.54, 1.807) is 0 Å². The predicted octanol–water partition coefficient (Wildman–Crippen LogP) is 5.04. The Labute approximate surface area is 175 Å². The second kappa shape index (κ2) is 8.17. The molecule has 6 heteroatoms. The summed E-state index contributed by atoms with van der Waals surface area (Å²) in [4.78, 5) is 20.8. The lowest BCUT2D eigenvalue weighted by molar-refractivity contribution is 0.0763. The molecule has 4 rings (SSSR count). The average Bonchev–Trinajstić information content (AvgIpc) is 2.92. The van der Waals surface area contributed by atoms with Crippen LogP contribution in [0.3, 0.4) is 0 Å². The smallest absolute Gasteiger partial charge is 0.256 e. The van der Waals surface area contributed by atoms with E-state index in [9.17, 15) is 4.79 Å². The molecule has 3 aromatic rings. The molecule has 27 heavy (non-hydrogen) atoms. The third kappa shape index (κ3) is 4.13. The first kappa shape index (κ1) is 18.7. The summed E-state index contributed by atoms with van der Waals surface area (Å²) in [5.74, 6) is 0.108. The van der Waals surface area contributed by atoms with Gasteiger partial charge >= 0.3 is 0 Å². The number of carbonyl (C=O) groups is 1. The number of fused-ring (bicyclic) bond motifs is 1. The van der Waals surface area contributed by atoms with Crippen molar-refractivity contribution in [3.63, 3.8) is 0 Å². The van der Waals surface area contributed by atoms with Crippen molar-refractivity contribution in [2.75, 3.05) is 26.2 Å². The van der Waals surface area contributed by atoms with Crippen molar-refractivity contribution in [3.05, 3.63) is 68.7 Å². The molecule has 2 aromatic carbocycles. The van der Waals surface area contributed by atoms with Crippen molar-refractivity contribution in [3.8, 4) is 0 Å². The van der Waals surface area contributed by atoms with E-state index in [0.717, 1.165) is 64.6 Å². The van der Waals surface area contributed by atoms with Crippen LogP contribution in [0.5, 0.6) is 0 Å². The minimum Gasteiger partial charge on any atom is -0.360 e. The molecule has 1 aliphatic rings. The summed E-state index contributed by atoms with van der Waals surface area (Å²) in [7, 11) is 0. The highest BCUT2D eigenvalue weighted by Crippen LogP contribution is 2.30. The molecule has 0 saturated carbocycles. The number of nitrogens with one attached hydrogen (secondary N) is 1. The van der Waals surface area contributed by atoms with Gasteiger partial charge in [0.05, 0.1) is 5.56 Å². The van der Waals surface area contributed by atoms with Gasteiger partial charge in [-0.1, -0.05) is 30.3 Å². The highest BCUT2D eigenvalue weighted by molar-refractivity contribution is 9.13. The maximum Gasteiger partial charge on any atom is 0.256 e. The van der Waals surface area contributed by atoms with Crippen molar-refractivity contribution >= 4 is 48.7 Å². The molecule has 0 spiro atoms. The van der Waals surface area contributed by atoms with Crippen LogP contribution in [-0.4, -0.2) is 46.9 Å². The monoisotopic (exact) mass is 489 g/mol. The van der Waals surface area contributed by atoms with Gasteiger partial charge in [0, 0.05) is 58.8 Å². The standard InChI is InChI=1S/C21H21Br2N3O/c22-18-11-16-17(13-24-20(16)12-19(18)23)21(27)26-8-4-7-25(9-10-26)14-15-5-2-1-3-6-15/h1-3,5-6,11-13,24H,4,7-10,14H2. The molecule has 1 aliphatic heterocycles. The fraction of sp³-hybridized carbons (Fsp3) is 0.286. The summed E-state index contributed by atoms with van der Waals surface area (Å²) >= 11 is 7.06. The summed E-state index contributed by atoms with van der Waals surface area (Å²) < 4.78 is 1.93. The fourth-order valence-electron chi connectivity index (χ4n) is 3.64. The lowest BCUT2D eigenvalue weighted by atomic mass is 10.1. The molecule has 0 atom stereocenters. The molecule has 0 bridgehead atoms. The third-order valence-electron chi connectivity index (χ3n) is 5.08. The van der Waals surface area contributed by atoms with Crippen molar-refractivity contribution in [2.24, 2.45) is 0 Å². The molecule has 0 unspecified atom stereocenters. The Morgan fingerprint density at radius 2 is 1.78 bits per heavy atom. The van der Waals surface area contributed by atoms with Crippen LogP contribution in [0.15, 0.2) is 57.6 Å². The number of aromatic amines is 1. The molecular weight excluding hydrogens is 470 g/mol. The summed E-state index contributed by atoms with van der Waals surface area (Å²) in [6, 6.07) is 14.5. The third-order valence-corrected chi connectivity index (χ3v) is 6.92. The number of carbonyl (C=O) groups excluding carboxylic acids is 1. The Hall–Kier alpha value is -1.63. The van der Waals surface area contributed by atoms with E-state index < -0.39 is 0 Å². The molecule has 1 aromatic heterocycles. The van der Waals surface area contributed by atoms with Crippen LogP contribution in [0.25, 0.3) is 10.9 Å². The van der Waals surface area contributed by atoms with Crippen molar-refractivity contribution in [2.45, 2.75) is 13.0 Å². The van der Waals surface area contributed by atoms with E-state index in [0.29, 0.717) is 0 Å². The van der Waals surface area contributed by atoms with E-state index in [-0.39, 0.29) is 5.91 Å². The molecule has 1 fully saturated rings. The van der Waals surface area contributed by atoms with Gasteiger partial charge in [-0.15, -0.1) is 0 Å². The number of hydrogen-bond donors (Lipinski definition) is 1. The molecular formula is C21H21Br2N3O. The Morgan fingerprint density at radius 1 is 1.00 bits per heavy atom. The number of H-pyrrole nitrogens is 1. The van der Waals surface area contributed by atoms with Gasteiger partial charge < -0.3 is 9.88 Å². The van der Waals surface area contributed by atoms with Gasteiger partial charge in [0.2, 0.25) is 0 Å². The average molecular weight is 491 g/mol. The SMILES string of the molecule is O=C(c1c[nH]c2cc(Br)c(Br)cc12)N1CCCN(Cc2ccccc2)CC1. The quantitative estimate of drug-likeness (QED) is 0.558. The van der Waals surface area contributed by atoms with Crippen LogP contribution in [0.1, 0.15) is 22.3 Å². The summed E-state index contributed by atoms with van der Waals surface area (Å²) in [5, 5.41) is 0.959. The number of aromatic nitrogens is 1. The Bertz CT molecular complexity index is 955. The van der Waals surface area contributed by atoms with Gasteiger partial charge in [0.15, 0.2) is 0 Å². The maximum atomic E-state index is 13.1. The van der Waals surface area contributed by atoms with Crippen LogP contribution in [0.4, 0.5) is 0 Å². The van der Waals surface area contributed by atoms with E-state index in [2.05, 4.69) is 66.0 Å². The molecule has 0 aliphatic carbocycles. The molecule has 4 nitrogen and oxygen atoms in total. The number of halogens is 2. The fourth-order valence-corrected chi connectivity index (χ4v) is 4.32. The number of amides is 1. The van der Waals surface area contributed by atoms with Crippen molar-refractivity contribution in [1.82, 2.24) is 14.8 Å². The van der Waals surface area contributed by atoms with Crippen LogP contribution >= 0.6 is 31.9 Å². The summed E-state index contributed by atoms with van der Waals surface area (Å²) in [6.07, 6.45) is 2.83. The van der Waals surface area contributed by atoms with E-state index in [1.165, 1.54) is 5.56 Å². The largest absolute Gasteiger partial charge is 0.360 e. The Morgan fingerprint density at radius 3 is 2.59 bits per heavy atom. The zero-order valence-corrected chi connectivity index (χ0v) is 18.1. The first-order chi connectivity index (χ1) is 13.1. The maximum absolute atomic E-state index is 13.1. The van der Waals surface area contributed by atoms with Gasteiger partial charge in [-0.05, 0) is 56.0 Å². The van der Waals surface area contributed by atoms with E-state index in [1.807, 2.05) is 29.3 Å². The second-order valence-electron chi connectivity index (χ2n) is 6.92. The molecule has 1 amide bonds. The minimum absolute atomic E-state index is 0.108. The first-order valence-electron chi connectivity index (χ1n) is 9.13.